The van der Waals surface area contributed by atoms with Crippen molar-refractivity contribution in [3.63, 3.8) is 0 Å². The molecule has 0 aliphatic carbocycles. The van der Waals surface area contributed by atoms with Gasteiger partial charge in [-0.15, -0.1) is 0 Å². The molecule has 0 radical (unpaired) electrons. The van der Waals surface area contributed by atoms with Gasteiger partial charge in [0, 0.05) is 0 Å². The van der Waals surface area contributed by atoms with E-state index in [1.54, 1.807) is 30.3 Å². The zero-order valence-electron chi connectivity index (χ0n) is 12.6. The van der Waals surface area contributed by atoms with Crippen LogP contribution in [0, 0.1) is 0 Å². The Labute approximate surface area is 127 Å². The molecule has 0 saturated heterocycles. The zero-order chi connectivity index (χ0) is 15.7. The second kappa shape index (κ2) is 5.49. The second-order valence-electron chi connectivity index (χ2n) is 6.07. The smallest absolute Gasteiger partial charge is 0.206 e. The molecule has 2 nitrogen and oxygen atoms in total. The summed E-state index contributed by atoms with van der Waals surface area (Å²) in [7, 11) is -3.53. The molecular formula is C18H20O2S. The fourth-order valence-electron chi connectivity index (χ4n) is 2.05. The van der Waals surface area contributed by atoms with Gasteiger partial charge in [0.2, 0.25) is 9.84 Å². The Morgan fingerprint density at radius 1 is 0.905 bits per heavy atom. The Kier molecular flexibility index (Phi) is 4.06. The molecule has 0 heterocycles. The first-order chi connectivity index (χ1) is 9.73. The third-order valence-corrected chi connectivity index (χ3v) is 5.23. The lowest BCUT2D eigenvalue weighted by atomic mass is 9.87. The van der Waals surface area contributed by atoms with E-state index in [4.69, 9.17) is 0 Å². The van der Waals surface area contributed by atoms with Crippen molar-refractivity contribution in [1.82, 2.24) is 0 Å². The van der Waals surface area contributed by atoms with Gasteiger partial charge in [-0.1, -0.05) is 69.8 Å². The number of sulfone groups is 1. The Bertz CT molecular complexity index is 734. The van der Waals surface area contributed by atoms with E-state index in [-0.39, 0.29) is 15.2 Å². The molecule has 0 aromatic heterocycles. The molecule has 0 N–H and O–H groups in total. The number of rotatable bonds is 3. The van der Waals surface area contributed by atoms with Crippen LogP contribution in [0.5, 0.6) is 0 Å². The molecule has 0 aliphatic heterocycles. The summed E-state index contributed by atoms with van der Waals surface area (Å²) in [5.74, 6) is 0. The molecule has 0 fully saturated rings. The fourth-order valence-corrected chi connectivity index (χ4v) is 3.30. The molecule has 0 aliphatic rings. The summed E-state index contributed by atoms with van der Waals surface area (Å²) in [5, 5.41) is 0. The van der Waals surface area contributed by atoms with Crippen LogP contribution in [0.3, 0.4) is 0 Å². The molecule has 110 valence electrons. The first-order valence-electron chi connectivity index (χ1n) is 6.83. The highest BCUT2D eigenvalue weighted by molar-refractivity contribution is 8.00. The topological polar surface area (TPSA) is 34.1 Å². The van der Waals surface area contributed by atoms with E-state index < -0.39 is 9.84 Å². The third kappa shape index (κ3) is 3.24. The van der Waals surface area contributed by atoms with Crippen molar-refractivity contribution < 1.29 is 8.42 Å². The minimum atomic E-state index is -3.53. The SMILES string of the molecule is C=C(c1ccc(C(C)(C)C)cc1)S(=O)(=O)c1ccccc1. The lowest BCUT2D eigenvalue weighted by Gasteiger charge is -2.19. The van der Waals surface area contributed by atoms with Gasteiger partial charge in [0.25, 0.3) is 0 Å². The van der Waals surface area contributed by atoms with Crippen molar-refractivity contribution in [2.24, 2.45) is 0 Å². The van der Waals surface area contributed by atoms with E-state index in [2.05, 4.69) is 27.4 Å². The monoisotopic (exact) mass is 300 g/mol. The second-order valence-corrected chi connectivity index (χ2v) is 8.04. The molecule has 2 aromatic rings. The summed E-state index contributed by atoms with van der Waals surface area (Å²) < 4.78 is 25.0. The maximum Gasteiger partial charge on any atom is 0.206 e. The van der Waals surface area contributed by atoms with Crippen molar-refractivity contribution >= 4 is 14.7 Å². The first kappa shape index (κ1) is 15.5. The van der Waals surface area contributed by atoms with Gasteiger partial charge in [0.15, 0.2) is 0 Å². The van der Waals surface area contributed by atoms with Gasteiger partial charge in [0.05, 0.1) is 9.80 Å². The molecule has 21 heavy (non-hydrogen) atoms. The van der Waals surface area contributed by atoms with Gasteiger partial charge < -0.3 is 0 Å². The highest BCUT2D eigenvalue weighted by Crippen LogP contribution is 2.28. The van der Waals surface area contributed by atoms with Crippen LogP contribution in [0.25, 0.3) is 4.91 Å². The van der Waals surface area contributed by atoms with Gasteiger partial charge >= 0.3 is 0 Å². The summed E-state index contributed by atoms with van der Waals surface area (Å²) in [6.07, 6.45) is 0. The molecule has 0 spiro atoms. The van der Waals surface area contributed by atoms with Crippen LogP contribution < -0.4 is 0 Å². The van der Waals surface area contributed by atoms with E-state index in [0.29, 0.717) is 5.56 Å². The Morgan fingerprint density at radius 2 is 1.43 bits per heavy atom. The van der Waals surface area contributed by atoms with Crippen molar-refractivity contribution in [2.75, 3.05) is 0 Å². The summed E-state index contributed by atoms with van der Waals surface area (Å²) in [6.45, 7) is 10.1. The van der Waals surface area contributed by atoms with Crippen LogP contribution in [0.15, 0.2) is 66.1 Å². The van der Waals surface area contributed by atoms with Gasteiger partial charge in [-0.05, 0) is 28.7 Å². The van der Waals surface area contributed by atoms with E-state index >= 15 is 0 Å². The molecule has 0 amide bonds. The van der Waals surface area contributed by atoms with Crippen molar-refractivity contribution in [3.8, 4) is 0 Å². The predicted octanol–water partition coefficient (Wildman–Crippen LogP) is 4.43. The highest BCUT2D eigenvalue weighted by atomic mass is 32.2. The van der Waals surface area contributed by atoms with Crippen LogP contribution in [0.1, 0.15) is 31.9 Å². The number of hydrogen-bond acceptors (Lipinski definition) is 2. The first-order valence-corrected chi connectivity index (χ1v) is 8.31. The van der Waals surface area contributed by atoms with E-state index in [1.165, 1.54) is 0 Å². The van der Waals surface area contributed by atoms with Gasteiger partial charge in [-0.2, -0.15) is 0 Å². The summed E-state index contributed by atoms with van der Waals surface area (Å²) in [6, 6.07) is 16.0. The lowest BCUT2D eigenvalue weighted by molar-refractivity contribution is 0.590. The standard InChI is InChI=1S/C18H20O2S/c1-14(21(19,20)17-8-6-5-7-9-17)15-10-12-16(13-11-15)18(2,3)4/h5-13H,1H2,2-4H3. The van der Waals surface area contributed by atoms with Crippen LogP contribution >= 0.6 is 0 Å². The van der Waals surface area contributed by atoms with Crippen LogP contribution in [0.4, 0.5) is 0 Å². The number of hydrogen-bond donors (Lipinski definition) is 0. The molecule has 2 rings (SSSR count). The quantitative estimate of drug-likeness (QED) is 0.840. The maximum atomic E-state index is 12.5. The number of benzene rings is 2. The van der Waals surface area contributed by atoms with Gasteiger partial charge in [-0.25, -0.2) is 8.42 Å². The van der Waals surface area contributed by atoms with Crippen LogP contribution in [-0.2, 0) is 15.3 Å². The van der Waals surface area contributed by atoms with E-state index in [1.807, 2.05) is 24.3 Å². The van der Waals surface area contributed by atoms with Crippen molar-refractivity contribution in [2.45, 2.75) is 31.1 Å². The molecule has 2 aromatic carbocycles. The maximum absolute atomic E-state index is 12.5. The lowest BCUT2D eigenvalue weighted by Crippen LogP contribution is -2.11. The average Bonchev–Trinajstić information content (AvgIpc) is 2.46. The van der Waals surface area contributed by atoms with Crippen LogP contribution in [-0.4, -0.2) is 8.42 Å². The molecule has 3 heteroatoms. The molecule has 0 saturated carbocycles. The highest BCUT2D eigenvalue weighted by Gasteiger charge is 2.20. The Hall–Kier alpha value is -1.87. The summed E-state index contributed by atoms with van der Waals surface area (Å²) in [4.78, 5) is 0.407. The zero-order valence-corrected chi connectivity index (χ0v) is 13.4. The minimum Gasteiger partial charge on any atom is -0.219 e. The summed E-state index contributed by atoms with van der Waals surface area (Å²) >= 11 is 0. The Balaban J connectivity index is 2.37. The minimum absolute atomic E-state index is 0.0398. The molecule has 0 unspecified atom stereocenters. The van der Waals surface area contributed by atoms with Gasteiger partial charge in [0.1, 0.15) is 0 Å². The molecule has 0 atom stereocenters. The predicted molar refractivity (Wildman–Crippen MR) is 87.8 cm³/mol. The Morgan fingerprint density at radius 3 is 1.90 bits per heavy atom. The average molecular weight is 300 g/mol. The van der Waals surface area contributed by atoms with Crippen molar-refractivity contribution in [1.29, 1.82) is 0 Å². The van der Waals surface area contributed by atoms with Gasteiger partial charge in [-0.3, -0.25) is 0 Å². The molecule has 0 bridgehead atoms. The normalized spacial score (nSPS) is 12.1. The van der Waals surface area contributed by atoms with Crippen LogP contribution in [0.2, 0.25) is 0 Å². The van der Waals surface area contributed by atoms with Crippen molar-refractivity contribution in [3.05, 3.63) is 72.3 Å². The largest absolute Gasteiger partial charge is 0.219 e. The fraction of sp³-hybridized carbons (Fsp3) is 0.222. The molecular weight excluding hydrogens is 280 g/mol. The van der Waals surface area contributed by atoms with E-state index in [0.717, 1.165) is 5.56 Å². The van der Waals surface area contributed by atoms with E-state index in [9.17, 15) is 8.42 Å². The summed E-state index contributed by atoms with van der Waals surface area (Å²) in [5.41, 5.74) is 1.83. The third-order valence-electron chi connectivity index (χ3n) is 3.45.